The largest absolute Gasteiger partial charge is 0.333 e. The number of thioether (sulfide) groups is 1. The molecule has 0 atom stereocenters. The molecule has 0 unspecified atom stereocenters. The van der Waals surface area contributed by atoms with Crippen molar-refractivity contribution in [2.45, 2.75) is 18.0 Å². The fraction of sp³-hybridized carbons (Fsp3) is 0.167. The number of thiazole rings is 1. The molecule has 0 aliphatic rings. The van der Waals surface area contributed by atoms with E-state index < -0.39 is 0 Å². The summed E-state index contributed by atoms with van der Waals surface area (Å²) in [6.45, 7) is 0. The van der Waals surface area contributed by atoms with Crippen LogP contribution in [0.5, 0.6) is 0 Å². The maximum Gasteiger partial charge on any atom is 0.226 e. The summed E-state index contributed by atoms with van der Waals surface area (Å²) in [7, 11) is 0. The van der Waals surface area contributed by atoms with Gasteiger partial charge in [0.2, 0.25) is 5.91 Å². The average molecular weight is 368 g/mol. The van der Waals surface area contributed by atoms with E-state index >= 15 is 0 Å². The topological polar surface area (TPSA) is 70.7 Å². The molecule has 0 fully saturated rings. The number of rotatable bonds is 6. The number of anilines is 1. The van der Waals surface area contributed by atoms with E-state index in [9.17, 15) is 4.79 Å². The molecule has 0 saturated heterocycles. The van der Waals surface area contributed by atoms with Crippen LogP contribution in [-0.2, 0) is 4.79 Å². The van der Waals surface area contributed by atoms with Crippen molar-refractivity contribution >= 4 is 55.4 Å². The van der Waals surface area contributed by atoms with Crippen LogP contribution in [0.2, 0.25) is 0 Å². The Bertz CT molecular complexity index is 958. The molecule has 4 rings (SSSR count). The lowest BCUT2D eigenvalue weighted by molar-refractivity contribution is -0.116. The van der Waals surface area contributed by atoms with Crippen molar-refractivity contribution in [2.75, 3.05) is 11.1 Å². The van der Waals surface area contributed by atoms with Crippen LogP contribution in [0.25, 0.3) is 21.3 Å². The number of carbonyl (C=O) groups excluding carboxylic acids is 1. The number of hydrogen-bond donors (Lipinski definition) is 2. The monoisotopic (exact) mass is 368 g/mol. The van der Waals surface area contributed by atoms with Crippen molar-refractivity contribution in [1.29, 1.82) is 0 Å². The van der Waals surface area contributed by atoms with Gasteiger partial charge in [0.05, 0.1) is 21.3 Å². The summed E-state index contributed by atoms with van der Waals surface area (Å²) in [5.41, 5.74) is 2.93. The Morgan fingerprint density at radius 3 is 2.72 bits per heavy atom. The number of imidazole rings is 1. The molecule has 2 aromatic carbocycles. The van der Waals surface area contributed by atoms with Gasteiger partial charge in [-0.2, -0.15) is 0 Å². The third-order valence-corrected chi connectivity index (χ3v) is 5.61. The van der Waals surface area contributed by atoms with Gasteiger partial charge in [0.25, 0.3) is 0 Å². The molecule has 0 saturated carbocycles. The smallest absolute Gasteiger partial charge is 0.226 e. The zero-order valence-electron chi connectivity index (χ0n) is 13.4. The predicted molar refractivity (Wildman–Crippen MR) is 104 cm³/mol. The molecule has 25 heavy (non-hydrogen) atoms. The van der Waals surface area contributed by atoms with Gasteiger partial charge in [0.1, 0.15) is 0 Å². The van der Waals surface area contributed by atoms with E-state index in [-0.39, 0.29) is 5.91 Å². The van der Waals surface area contributed by atoms with Crippen LogP contribution in [0, 0.1) is 0 Å². The van der Waals surface area contributed by atoms with Gasteiger partial charge in [-0.15, -0.1) is 0 Å². The van der Waals surface area contributed by atoms with Gasteiger partial charge in [-0.1, -0.05) is 47.4 Å². The standard InChI is InChI=1S/C18H16N4OS2/c23-16(22-18-21-14-8-3-4-9-15(14)25-18)10-5-11-24-17-19-12-6-1-2-7-13(12)20-17/h1-4,6-9H,5,10-11H2,(H,19,20)(H,21,22,23). The first-order valence-electron chi connectivity index (χ1n) is 8.01. The van der Waals surface area contributed by atoms with E-state index in [1.54, 1.807) is 11.8 Å². The Morgan fingerprint density at radius 1 is 1.08 bits per heavy atom. The minimum Gasteiger partial charge on any atom is -0.333 e. The molecule has 0 spiro atoms. The van der Waals surface area contributed by atoms with Crippen LogP contribution in [0.15, 0.2) is 53.7 Å². The number of nitrogens with one attached hydrogen (secondary N) is 2. The van der Waals surface area contributed by atoms with E-state index in [0.29, 0.717) is 11.6 Å². The van der Waals surface area contributed by atoms with E-state index in [0.717, 1.165) is 38.6 Å². The van der Waals surface area contributed by atoms with Crippen LogP contribution in [0.3, 0.4) is 0 Å². The van der Waals surface area contributed by atoms with E-state index in [4.69, 9.17) is 0 Å². The van der Waals surface area contributed by atoms with Gasteiger partial charge >= 0.3 is 0 Å². The van der Waals surface area contributed by atoms with Crippen molar-refractivity contribution in [3.63, 3.8) is 0 Å². The lowest BCUT2D eigenvalue weighted by Gasteiger charge is -2.00. The van der Waals surface area contributed by atoms with E-state index in [2.05, 4.69) is 20.3 Å². The van der Waals surface area contributed by atoms with E-state index in [1.807, 2.05) is 48.5 Å². The third kappa shape index (κ3) is 3.83. The van der Waals surface area contributed by atoms with Crippen molar-refractivity contribution < 1.29 is 4.79 Å². The van der Waals surface area contributed by atoms with Gasteiger partial charge in [0.15, 0.2) is 10.3 Å². The number of H-pyrrole nitrogens is 1. The molecule has 5 nitrogen and oxygen atoms in total. The molecule has 2 N–H and O–H groups in total. The van der Waals surface area contributed by atoms with Gasteiger partial charge < -0.3 is 10.3 Å². The van der Waals surface area contributed by atoms with Gasteiger partial charge in [0, 0.05) is 12.2 Å². The van der Waals surface area contributed by atoms with Crippen LogP contribution in [0.1, 0.15) is 12.8 Å². The highest BCUT2D eigenvalue weighted by Gasteiger charge is 2.08. The Labute approximate surface area is 152 Å². The lowest BCUT2D eigenvalue weighted by atomic mass is 10.3. The summed E-state index contributed by atoms with van der Waals surface area (Å²) >= 11 is 3.14. The Kier molecular flexibility index (Phi) is 4.67. The van der Waals surface area contributed by atoms with Crippen LogP contribution < -0.4 is 5.32 Å². The normalized spacial score (nSPS) is 11.2. The second-order valence-electron chi connectivity index (χ2n) is 5.55. The number of amides is 1. The summed E-state index contributed by atoms with van der Waals surface area (Å²) in [5.74, 6) is 0.844. The number of hydrogen-bond acceptors (Lipinski definition) is 5. The SMILES string of the molecule is O=C(CCCSc1nc2ccccc2[nH]1)Nc1nc2ccccc2s1. The van der Waals surface area contributed by atoms with Crippen LogP contribution >= 0.6 is 23.1 Å². The van der Waals surface area contributed by atoms with Gasteiger partial charge in [-0.3, -0.25) is 4.79 Å². The maximum absolute atomic E-state index is 12.1. The van der Waals surface area contributed by atoms with Gasteiger partial charge in [-0.05, 0) is 30.7 Å². The first-order chi connectivity index (χ1) is 12.3. The zero-order valence-corrected chi connectivity index (χ0v) is 15.0. The Hall–Kier alpha value is -2.38. The number of aromatic nitrogens is 3. The quantitative estimate of drug-likeness (QED) is 0.383. The van der Waals surface area contributed by atoms with Gasteiger partial charge in [-0.25, -0.2) is 9.97 Å². The first kappa shape index (κ1) is 16.1. The average Bonchev–Trinajstić information content (AvgIpc) is 3.21. The van der Waals surface area contributed by atoms with E-state index in [1.165, 1.54) is 11.3 Å². The first-order valence-corrected chi connectivity index (χ1v) is 9.81. The zero-order chi connectivity index (χ0) is 17.1. The molecule has 2 aromatic heterocycles. The molecular formula is C18H16N4OS2. The maximum atomic E-state index is 12.1. The minimum atomic E-state index is 0.00395. The van der Waals surface area contributed by atoms with Crippen molar-refractivity contribution in [2.24, 2.45) is 0 Å². The number of para-hydroxylation sites is 3. The molecule has 0 bridgehead atoms. The van der Waals surface area contributed by atoms with Crippen molar-refractivity contribution in [1.82, 2.24) is 15.0 Å². The fourth-order valence-electron chi connectivity index (χ4n) is 2.51. The molecule has 2 heterocycles. The van der Waals surface area contributed by atoms with Crippen molar-refractivity contribution in [3.05, 3.63) is 48.5 Å². The van der Waals surface area contributed by atoms with Crippen molar-refractivity contribution in [3.8, 4) is 0 Å². The summed E-state index contributed by atoms with van der Waals surface area (Å²) in [6.07, 6.45) is 1.27. The number of nitrogens with zero attached hydrogens (tertiary/aromatic N) is 2. The van der Waals surface area contributed by atoms with Crippen LogP contribution in [-0.4, -0.2) is 26.6 Å². The fourth-order valence-corrected chi connectivity index (χ4v) is 4.22. The minimum absolute atomic E-state index is 0.00395. The molecular weight excluding hydrogens is 352 g/mol. The third-order valence-electron chi connectivity index (χ3n) is 3.69. The summed E-state index contributed by atoms with van der Waals surface area (Å²) in [4.78, 5) is 24.3. The molecule has 0 aliphatic carbocycles. The molecule has 4 aromatic rings. The number of benzene rings is 2. The molecule has 7 heteroatoms. The highest BCUT2D eigenvalue weighted by atomic mass is 32.2. The number of fused-ring (bicyclic) bond motifs is 2. The number of aromatic amines is 1. The molecule has 0 aliphatic heterocycles. The Balaban J connectivity index is 1.26. The summed E-state index contributed by atoms with van der Waals surface area (Å²) < 4.78 is 1.08. The molecule has 0 radical (unpaired) electrons. The highest BCUT2D eigenvalue weighted by molar-refractivity contribution is 7.99. The molecule has 1 amide bonds. The second kappa shape index (κ2) is 7.25. The Morgan fingerprint density at radius 2 is 1.88 bits per heavy atom. The lowest BCUT2D eigenvalue weighted by Crippen LogP contribution is -2.11. The second-order valence-corrected chi connectivity index (χ2v) is 7.66. The summed E-state index contributed by atoms with van der Waals surface area (Å²) in [5, 5.41) is 4.45. The predicted octanol–water partition coefficient (Wildman–Crippen LogP) is 4.68. The van der Waals surface area contributed by atoms with Crippen LogP contribution in [0.4, 0.5) is 5.13 Å². The molecule has 126 valence electrons. The highest BCUT2D eigenvalue weighted by Crippen LogP contribution is 2.25. The number of carbonyl (C=O) groups is 1. The summed E-state index contributed by atoms with van der Waals surface area (Å²) in [6, 6.07) is 15.8.